The minimum absolute atomic E-state index is 0.0739. The average Bonchev–Trinajstić information content (AvgIpc) is 2.82. The number of nitrogens with zero attached hydrogens (tertiary/aromatic N) is 3. The fourth-order valence-electron chi connectivity index (χ4n) is 3.84. The summed E-state index contributed by atoms with van der Waals surface area (Å²) in [6.45, 7) is 0.910. The smallest absolute Gasteiger partial charge is 0.239 e. The zero-order chi connectivity index (χ0) is 21.5. The summed E-state index contributed by atoms with van der Waals surface area (Å²) in [4.78, 5) is 24.8. The Morgan fingerprint density at radius 2 is 1.97 bits per heavy atom. The van der Waals surface area contributed by atoms with Crippen LogP contribution in [0.25, 0.3) is 10.9 Å². The molecule has 0 atom stereocenters. The van der Waals surface area contributed by atoms with Gasteiger partial charge >= 0.3 is 0 Å². The minimum Gasteiger partial charge on any atom is -0.497 e. The predicted molar refractivity (Wildman–Crippen MR) is 118 cm³/mol. The molecule has 2 N–H and O–H groups in total. The first kappa shape index (κ1) is 21.0. The second-order valence-corrected chi connectivity index (χ2v) is 7.73. The van der Waals surface area contributed by atoms with Crippen molar-refractivity contribution in [2.75, 3.05) is 25.6 Å². The van der Waals surface area contributed by atoms with Crippen LogP contribution in [0, 0.1) is 5.92 Å². The molecule has 1 saturated carbocycles. The van der Waals surface area contributed by atoms with Gasteiger partial charge in [0.1, 0.15) is 17.9 Å². The summed E-state index contributed by atoms with van der Waals surface area (Å²) in [5.41, 5.74) is 0.836. The fourth-order valence-corrected chi connectivity index (χ4v) is 3.84. The molecule has 0 spiro atoms. The second-order valence-electron chi connectivity index (χ2n) is 7.73. The normalized spacial score (nSPS) is 18.5. The highest BCUT2D eigenvalue weighted by atomic mass is 16.5. The lowest BCUT2D eigenvalue weighted by Gasteiger charge is -2.29. The highest BCUT2D eigenvalue weighted by Crippen LogP contribution is 2.28. The molecule has 1 aliphatic carbocycles. The van der Waals surface area contributed by atoms with Crippen molar-refractivity contribution in [3.05, 3.63) is 48.9 Å². The Bertz CT molecular complexity index is 1010. The summed E-state index contributed by atoms with van der Waals surface area (Å²) in [7, 11) is 1.64. The summed E-state index contributed by atoms with van der Waals surface area (Å²) in [6, 6.07) is 11.5. The van der Waals surface area contributed by atoms with Crippen LogP contribution in [0.4, 0.5) is 5.82 Å². The Hall–Kier alpha value is -3.26. The number of benzene rings is 1. The number of methoxy groups -OCH3 is 1. The molecule has 0 saturated heterocycles. The number of pyridine rings is 1. The maximum absolute atomic E-state index is 12.1. The zero-order valence-electron chi connectivity index (χ0n) is 17.6. The number of ether oxygens (including phenoxy) is 2. The maximum atomic E-state index is 12.1. The van der Waals surface area contributed by atoms with Crippen LogP contribution < -0.4 is 20.1 Å². The van der Waals surface area contributed by atoms with Gasteiger partial charge in [-0.15, -0.1) is 0 Å². The van der Waals surface area contributed by atoms with Gasteiger partial charge in [-0.2, -0.15) is 0 Å². The number of amides is 1. The molecule has 8 nitrogen and oxygen atoms in total. The van der Waals surface area contributed by atoms with Crippen LogP contribution >= 0.6 is 0 Å². The molecule has 4 rings (SSSR count). The van der Waals surface area contributed by atoms with E-state index < -0.39 is 0 Å². The molecule has 3 aromatic rings. The first-order valence-corrected chi connectivity index (χ1v) is 10.6. The molecule has 8 heteroatoms. The largest absolute Gasteiger partial charge is 0.497 e. The van der Waals surface area contributed by atoms with Crippen molar-refractivity contribution >= 4 is 22.6 Å². The molecule has 0 radical (unpaired) electrons. The monoisotopic (exact) mass is 421 g/mol. The van der Waals surface area contributed by atoms with Gasteiger partial charge in [0.25, 0.3) is 0 Å². The molecule has 1 aliphatic rings. The Morgan fingerprint density at radius 1 is 1.10 bits per heavy atom. The van der Waals surface area contributed by atoms with Gasteiger partial charge in [0, 0.05) is 12.2 Å². The van der Waals surface area contributed by atoms with Crippen LogP contribution in [0.2, 0.25) is 0 Å². The molecular weight excluding hydrogens is 394 g/mol. The van der Waals surface area contributed by atoms with Crippen LogP contribution in [-0.4, -0.2) is 47.2 Å². The summed E-state index contributed by atoms with van der Waals surface area (Å²) < 4.78 is 11.4. The molecule has 0 unspecified atom stereocenters. The van der Waals surface area contributed by atoms with E-state index in [1.165, 1.54) is 6.33 Å². The van der Waals surface area contributed by atoms with Gasteiger partial charge < -0.3 is 20.1 Å². The molecule has 2 aromatic heterocycles. The SMILES string of the molecule is COc1ccc2ncnc(OCC3CCC(NCC(=O)Nc4ccccn4)CC3)c2c1. The lowest BCUT2D eigenvalue weighted by atomic mass is 9.86. The summed E-state index contributed by atoms with van der Waals surface area (Å²) in [6.07, 6.45) is 7.32. The van der Waals surface area contributed by atoms with E-state index in [-0.39, 0.29) is 12.5 Å². The van der Waals surface area contributed by atoms with Crippen molar-refractivity contribution in [2.24, 2.45) is 5.92 Å². The van der Waals surface area contributed by atoms with Crippen LogP contribution in [0.5, 0.6) is 11.6 Å². The van der Waals surface area contributed by atoms with Gasteiger partial charge in [-0.3, -0.25) is 4.79 Å². The molecule has 2 heterocycles. The number of carbonyl (C=O) groups excluding carboxylic acids is 1. The zero-order valence-corrected chi connectivity index (χ0v) is 17.6. The van der Waals surface area contributed by atoms with Crippen LogP contribution in [0.15, 0.2) is 48.9 Å². The van der Waals surface area contributed by atoms with Crippen LogP contribution in [0.1, 0.15) is 25.7 Å². The topological polar surface area (TPSA) is 98.3 Å². The van der Waals surface area contributed by atoms with Crippen LogP contribution in [0.3, 0.4) is 0 Å². The third-order valence-electron chi connectivity index (χ3n) is 5.59. The van der Waals surface area contributed by atoms with Crippen molar-refractivity contribution in [1.29, 1.82) is 0 Å². The summed E-state index contributed by atoms with van der Waals surface area (Å²) >= 11 is 0. The summed E-state index contributed by atoms with van der Waals surface area (Å²) in [5.74, 6) is 2.32. The Morgan fingerprint density at radius 3 is 2.74 bits per heavy atom. The van der Waals surface area contributed by atoms with Gasteiger partial charge in [0.05, 0.1) is 31.2 Å². The van der Waals surface area contributed by atoms with E-state index in [9.17, 15) is 4.79 Å². The minimum atomic E-state index is -0.0739. The number of carbonyl (C=O) groups is 1. The molecule has 31 heavy (non-hydrogen) atoms. The van der Waals surface area contributed by atoms with Crippen LogP contribution in [-0.2, 0) is 4.79 Å². The molecule has 162 valence electrons. The lowest BCUT2D eigenvalue weighted by molar-refractivity contribution is -0.115. The van der Waals surface area contributed by atoms with Gasteiger partial charge in [-0.05, 0) is 61.9 Å². The van der Waals surface area contributed by atoms with Gasteiger partial charge in [-0.25, -0.2) is 15.0 Å². The second kappa shape index (κ2) is 10.2. The maximum Gasteiger partial charge on any atom is 0.239 e. The van der Waals surface area contributed by atoms with Gasteiger partial charge in [0.15, 0.2) is 0 Å². The number of anilines is 1. The quantitative estimate of drug-likeness (QED) is 0.576. The summed E-state index contributed by atoms with van der Waals surface area (Å²) in [5, 5.41) is 7.01. The Labute approximate surface area is 181 Å². The molecule has 1 fully saturated rings. The first-order chi connectivity index (χ1) is 15.2. The van der Waals surface area contributed by atoms with Crippen molar-refractivity contribution in [1.82, 2.24) is 20.3 Å². The lowest BCUT2D eigenvalue weighted by Crippen LogP contribution is -2.39. The molecule has 0 aliphatic heterocycles. The van der Waals surface area contributed by atoms with Crippen molar-refractivity contribution < 1.29 is 14.3 Å². The van der Waals surface area contributed by atoms with E-state index in [1.54, 1.807) is 19.4 Å². The van der Waals surface area contributed by atoms with Gasteiger partial charge in [0.2, 0.25) is 11.8 Å². The predicted octanol–water partition coefficient (Wildman–Crippen LogP) is 3.20. The van der Waals surface area contributed by atoms with Crippen molar-refractivity contribution in [2.45, 2.75) is 31.7 Å². The number of fused-ring (bicyclic) bond motifs is 1. The number of nitrogens with one attached hydrogen (secondary N) is 2. The molecule has 1 amide bonds. The third-order valence-corrected chi connectivity index (χ3v) is 5.59. The van der Waals surface area contributed by atoms with Crippen molar-refractivity contribution in [3.8, 4) is 11.6 Å². The number of rotatable bonds is 8. The Kier molecular flexibility index (Phi) is 6.89. The van der Waals surface area contributed by atoms with E-state index in [4.69, 9.17) is 9.47 Å². The highest BCUT2D eigenvalue weighted by molar-refractivity contribution is 5.91. The third kappa shape index (κ3) is 5.67. The van der Waals surface area contributed by atoms with E-state index in [1.807, 2.05) is 30.3 Å². The van der Waals surface area contributed by atoms with E-state index in [0.717, 1.165) is 42.3 Å². The highest BCUT2D eigenvalue weighted by Gasteiger charge is 2.22. The standard InChI is InChI=1S/C23H27N5O3/c1-30-18-9-10-20-19(12-18)23(27-15-26-20)31-14-16-5-7-17(8-6-16)25-13-22(29)28-21-4-2-3-11-24-21/h2-4,9-12,15-17,25H,5-8,13-14H2,1H3,(H,24,28,29). The average molecular weight is 422 g/mol. The number of hydrogen-bond donors (Lipinski definition) is 2. The van der Waals surface area contributed by atoms with E-state index >= 15 is 0 Å². The molecular formula is C23H27N5O3. The first-order valence-electron chi connectivity index (χ1n) is 10.6. The van der Waals surface area contributed by atoms with E-state index in [2.05, 4.69) is 25.6 Å². The van der Waals surface area contributed by atoms with Crippen molar-refractivity contribution in [3.63, 3.8) is 0 Å². The molecule has 0 bridgehead atoms. The molecule has 1 aromatic carbocycles. The number of aromatic nitrogens is 3. The van der Waals surface area contributed by atoms with E-state index in [0.29, 0.717) is 30.3 Å². The van der Waals surface area contributed by atoms with Gasteiger partial charge in [-0.1, -0.05) is 6.07 Å². The fraction of sp³-hybridized carbons (Fsp3) is 0.391. The Balaban J connectivity index is 1.22. The number of hydrogen-bond acceptors (Lipinski definition) is 7.